The maximum Gasteiger partial charge on any atom is 0.248 e. The number of ether oxygens (including phenoxy) is 2. The quantitative estimate of drug-likeness (QED) is 0.606. The summed E-state index contributed by atoms with van der Waals surface area (Å²) < 4.78 is 10.4. The normalized spacial score (nSPS) is 13.8. The molecule has 0 aromatic heterocycles. The number of aliphatic imine (C=N–C) groups is 1. The van der Waals surface area contributed by atoms with Crippen molar-refractivity contribution in [3.8, 4) is 0 Å². The molecule has 2 aromatic carbocycles. The number of carbonyl (C=O) groups is 1. The predicted octanol–water partition coefficient (Wildman–Crippen LogP) is 2.78. The topological polar surface area (TPSA) is 63.2 Å². The second kappa shape index (κ2) is 11.1. The molecular formula is C22H26ClN3O3. The number of rotatable bonds is 10. The number of carbonyl (C=O) groups excluding carboxylic acids is 1. The van der Waals surface area contributed by atoms with Crippen LogP contribution in [0.3, 0.4) is 0 Å². The lowest BCUT2D eigenvalue weighted by Gasteiger charge is -2.23. The van der Waals surface area contributed by atoms with Crippen LogP contribution >= 0.6 is 11.6 Å². The monoisotopic (exact) mass is 415 g/mol. The molecule has 3 rings (SSSR count). The first-order chi connectivity index (χ1) is 14.2. The molecule has 0 radical (unpaired) electrons. The Balaban J connectivity index is 1.70. The molecule has 154 valence electrons. The van der Waals surface area contributed by atoms with Crippen molar-refractivity contribution in [3.05, 3.63) is 64.7 Å². The summed E-state index contributed by atoms with van der Waals surface area (Å²) in [6.07, 6.45) is 0. The summed E-state index contributed by atoms with van der Waals surface area (Å²) in [4.78, 5) is 19.2. The van der Waals surface area contributed by atoms with E-state index in [-0.39, 0.29) is 12.5 Å². The highest BCUT2D eigenvalue weighted by Crippen LogP contribution is 2.29. The van der Waals surface area contributed by atoms with Crippen LogP contribution in [0.25, 0.3) is 0 Å². The van der Waals surface area contributed by atoms with Crippen LogP contribution < -0.4 is 10.2 Å². The minimum atomic E-state index is -0.0300. The van der Waals surface area contributed by atoms with E-state index in [1.807, 2.05) is 48.5 Å². The Kier molecular flexibility index (Phi) is 8.19. The lowest BCUT2D eigenvalue weighted by molar-refractivity contribution is -0.117. The van der Waals surface area contributed by atoms with Crippen LogP contribution in [0, 0.1) is 0 Å². The smallest absolute Gasteiger partial charge is 0.248 e. The molecule has 2 aromatic rings. The fourth-order valence-corrected chi connectivity index (χ4v) is 3.35. The van der Waals surface area contributed by atoms with E-state index in [1.165, 1.54) is 0 Å². The van der Waals surface area contributed by atoms with Gasteiger partial charge in [0.25, 0.3) is 0 Å². The predicted molar refractivity (Wildman–Crippen MR) is 116 cm³/mol. The molecule has 0 atom stereocenters. The van der Waals surface area contributed by atoms with Gasteiger partial charge in [-0.1, -0.05) is 41.9 Å². The van der Waals surface area contributed by atoms with Crippen molar-refractivity contribution < 1.29 is 14.3 Å². The van der Waals surface area contributed by atoms with Gasteiger partial charge in [0.05, 0.1) is 31.2 Å². The first kappa shape index (κ1) is 21.5. The van der Waals surface area contributed by atoms with Crippen molar-refractivity contribution in [1.29, 1.82) is 0 Å². The molecule has 1 aliphatic rings. The maximum absolute atomic E-state index is 12.8. The largest absolute Gasteiger partial charge is 0.382 e. The van der Waals surface area contributed by atoms with E-state index in [0.717, 1.165) is 22.5 Å². The van der Waals surface area contributed by atoms with Gasteiger partial charge >= 0.3 is 0 Å². The van der Waals surface area contributed by atoms with Crippen LogP contribution in [0.2, 0.25) is 5.02 Å². The standard InChI is InChI=1S/C22H26ClN3O3/c1-28-13-14-29-12-10-24-9-11-26-20-8-7-18(23)15-19(20)22(25-16-21(26)27)17-5-3-2-4-6-17/h2-8,15,24H,9-14,16H2,1H3. The average molecular weight is 416 g/mol. The van der Waals surface area contributed by atoms with Gasteiger partial charge in [0.2, 0.25) is 5.91 Å². The van der Waals surface area contributed by atoms with E-state index in [9.17, 15) is 4.79 Å². The average Bonchev–Trinajstić information content (AvgIpc) is 2.87. The third-order valence-corrected chi connectivity index (χ3v) is 4.83. The number of halogens is 1. The van der Waals surface area contributed by atoms with Crippen molar-refractivity contribution >= 4 is 28.9 Å². The lowest BCUT2D eigenvalue weighted by Crippen LogP contribution is -2.38. The molecule has 0 saturated carbocycles. The molecule has 7 heteroatoms. The fourth-order valence-electron chi connectivity index (χ4n) is 3.18. The Hall–Kier alpha value is -2.25. The Morgan fingerprint density at radius 2 is 1.93 bits per heavy atom. The molecular weight excluding hydrogens is 390 g/mol. The van der Waals surface area contributed by atoms with Gasteiger partial charge in [0.15, 0.2) is 0 Å². The molecule has 0 spiro atoms. The number of methoxy groups -OCH3 is 1. The van der Waals surface area contributed by atoms with E-state index in [1.54, 1.807) is 12.0 Å². The summed E-state index contributed by atoms with van der Waals surface area (Å²) in [5.74, 6) is -0.0300. The summed E-state index contributed by atoms with van der Waals surface area (Å²) in [6, 6.07) is 15.5. The molecule has 1 N–H and O–H groups in total. The maximum atomic E-state index is 12.8. The number of nitrogens with one attached hydrogen (secondary N) is 1. The van der Waals surface area contributed by atoms with Gasteiger partial charge in [0, 0.05) is 42.9 Å². The van der Waals surface area contributed by atoms with Gasteiger partial charge in [-0.25, -0.2) is 0 Å². The summed E-state index contributed by atoms with van der Waals surface area (Å²) >= 11 is 6.27. The second-order valence-electron chi connectivity index (χ2n) is 6.59. The summed E-state index contributed by atoms with van der Waals surface area (Å²) in [5, 5.41) is 3.93. The fraction of sp³-hybridized carbons (Fsp3) is 0.364. The van der Waals surface area contributed by atoms with Crippen LogP contribution in [0.15, 0.2) is 53.5 Å². The van der Waals surface area contributed by atoms with Crippen LogP contribution in [0.4, 0.5) is 5.69 Å². The third-order valence-electron chi connectivity index (χ3n) is 4.59. The Bertz CT molecular complexity index is 842. The van der Waals surface area contributed by atoms with E-state index < -0.39 is 0 Å². The molecule has 1 aliphatic heterocycles. The van der Waals surface area contributed by atoms with Crippen molar-refractivity contribution in [3.63, 3.8) is 0 Å². The van der Waals surface area contributed by atoms with Gasteiger partial charge < -0.3 is 19.7 Å². The first-order valence-corrected chi connectivity index (χ1v) is 10.1. The van der Waals surface area contributed by atoms with Crippen molar-refractivity contribution in [2.24, 2.45) is 4.99 Å². The number of amides is 1. The molecule has 0 saturated heterocycles. The molecule has 0 unspecified atom stereocenters. The number of fused-ring (bicyclic) bond motifs is 1. The Morgan fingerprint density at radius 3 is 2.72 bits per heavy atom. The summed E-state index contributed by atoms with van der Waals surface area (Å²) in [6.45, 7) is 3.79. The van der Waals surface area contributed by atoms with Crippen molar-refractivity contribution in [2.45, 2.75) is 0 Å². The molecule has 6 nitrogen and oxygen atoms in total. The molecule has 29 heavy (non-hydrogen) atoms. The lowest BCUT2D eigenvalue weighted by atomic mass is 10.00. The van der Waals surface area contributed by atoms with Gasteiger partial charge in [0.1, 0.15) is 6.54 Å². The number of benzodiazepines with no additional fused rings is 1. The van der Waals surface area contributed by atoms with Crippen LogP contribution in [-0.2, 0) is 14.3 Å². The minimum Gasteiger partial charge on any atom is -0.382 e. The molecule has 1 amide bonds. The second-order valence-corrected chi connectivity index (χ2v) is 7.03. The number of hydrogen-bond acceptors (Lipinski definition) is 5. The SMILES string of the molecule is COCCOCCNCCN1C(=O)CN=C(c2ccccc2)c2cc(Cl)ccc21. The highest BCUT2D eigenvalue weighted by molar-refractivity contribution is 6.32. The number of anilines is 1. The Labute approximate surface area is 176 Å². The Morgan fingerprint density at radius 1 is 1.10 bits per heavy atom. The van der Waals surface area contributed by atoms with E-state index in [2.05, 4.69) is 10.3 Å². The number of nitrogens with zero attached hydrogens (tertiary/aromatic N) is 2. The highest BCUT2D eigenvalue weighted by Gasteiger charge is 2.25. The van der Waals surface area contributed by atoms with Gasteiger partial charge in [-0.15, -0.1) is 0 Å². The summed E-state index contributed by atoms with van der Waals surface area (Å²) in [7, 11) is 1.65. The minimum absolute atomic E-state index is 0.0300. The van der Waals surface area contributed by atoms with E-state index >= 15 is 0 Å². The molecule has 0 fully saturated rings. The highest BCUT2D eigenvalue weighted by atomic mass is 35.5. The molecule has 0 bridgehead atoms. The van der Waals surface area contributed by atoms with Crippen LogP contribution in [-0.4, -0.2) is 64.7 Å². The zero-order valence-electron chi connectivity index (χ0n) is 16.6. The molecule has 0 aliphatic carbocycles. The molecule has 1 heterocycles. The summed E-state index contributed by atoms with van der Waals surface area (Å²) in [5.41, 5.74) is 3.46. The van der Waals surface area contributed by atoms with E-state index in [0.29, 0.717) is 44.5 Å². The first-order valence-electron chi connectivity index (χ1n) is 9.68. The van der Waals surface area contributed by atoms with Crippen LogP contribution in [0.5, 0.6) is 0 Å². The van der Waals surface area contributed by atoms with Crippen molar-refractivity contribution in [2.75, 3.05) is 58.0 Å². The van der Waals surface area contributed by atoms with Crippen molar-refractivity contribution in [1.82, 2.24) is 5.32 Å². The zero-order valence-corrected chi connectivity index (χ0v) is 17.3. The zero-order chi connectivity index (χ0) is 20.5. The van der Waals surface area contributed by atoms with Gasteiger partial charge in [-0.05, 0) is 18.2 Å². The van der Waals surface area contributed by atoms with Gasteiger partial charge in [-0.2, -0.15) is 0 Å². The van der Waals surface area contributed by atoms with Crippen LogP contribution in [0.1, 0.15) is 11.1 Å². The number of hydrogen-bond donors (Lipinski definition) is 1. The van der Waals surface area contributed by atoms with Gasteiger partial charge in [-0.3, -0.25) is 9.79 Å². The number of benzene rings is 2. The van der Waals surface area contributed by atoms with E-state index in [4.69, 9.17) is 21.1 Å². The third kappa shape index (κ3) is 5.87.